The van der Waals surface area contributed by atoms with Crippen molar-refractivity contribution in [3.63, 3.8) is 0 Å². The van der Waals surface area contributed by atoms with E-state index in [0.29, 0.717) is 5.69 Å². The van der Waals surface area contributed by atoms with Gasteiger partial charge >= 0.3 is 0 Å². The molecule has 2 aromatic rings. The summed E-state index contributed by atoms with van der Waals surface area (Å²) in [5.41, 5.74) is 1.64. The Balaban J connectivity index is 2.01. The van der Waals surface area contributed by atoms with Crippen molar-refractivity contribution in [2.24, 2.45) is 0 Å². The van der Waals surface area contributed by atoms with E-state index < -0.39 is 20.0 Å². The summed E-state index contributed by atoms with van der Waals surface area (Å²) in [5, 5.41) is 0. The van der Waals surface area contributed by atoms with Crippen LogP contribution in [0.1, 0.15) is 18.2 Å². The van der Waals surface area contributed by atoms with Crippen LogP contribution < -0.4 is 4.72 Å². The first-order chi connectivity index (χ1) is 12.2. The molecule has 1 aromatic carbocycles. The molecule has 0 aliphatic heterocycles. The van der Waals surface area contributed by atoms with Crippen molar-refractivity contribution in [1.82, 2.24) is 14.0 Å². The van der Waals surface area contributed by atoms with Crippen molar-refractivity contribution >= 4 is 20.0 Å². The predicted molar refractivity (Wildman–Crippen MR) is 100 cm³/mol. The average Bonchev–Trinajstić information content (AvgIpc) is 2.61. The summed E-state index contributed by atoms with van der Waals surface area (Å²) in [4.78, 5) is 4.27. The topological polar surface area (TPSA) is 96.4 Å². The first-order valence-electron chi connectivity index (χ1n) is 8.16. The van der Waals surface area contributed by atoms with Gasteiger partial charge in [-0.2, -0.15) is 4.31 Å². The van der Waals surface area contributed by atoms with E-state index in [-0.39, 0.29) is 24.5 Å². The highest BCUT2D eigenvalue weighted by Gasteiger charge is 2.19. The highest BCUT2D eigenvalue weighted by molar-refractivity contribution is 7.89. The molecule has 142 valence electrons. The third-order valence-corrected chi connectivity index (χ3v) is 6.56. The van der Waals surface area contributed by atoms with E-state index >= 15 is 0 Å². The van der Waals surface area contributed by atoms with Gasteiger partial charge < -0.3 is 0 Å². The van der Waals surface area contributed by atoms with Crippen LogP contribution in [0.5, 0.6) is 0 Å². The molecule has 26 heavy (non-hydrogen) atoms. The average molecular weight is 398 g/mol. The molecule has 0 unspecified atom stereocenters. The number of benzene rings is 1. The molecule has 1 aromatic heterocycles. The Kier molecular flexibility index (Phi) is 6.87. The molecule has 0 atom stereocenters. The summed E-state index contributed by atoms with van der Waals surface area (Å²) in [6, 6.07) is 11.8. The van der Waals surface area contributed by atoms with Gasteiger partial charge in [0.15, 0.2) is 0 Å². The Labute approximate surface area is 155 Å². The molecule has 1 N–H and O–H groups in total. The maximum atomic E-state index is 12.3. The molecule has 1 heterocycles. The van der Waals surface area contributed by atoms with Crippen LogP contribution >= 0.6 is 0 Å². The van der Waals surface area contributed by atoms with Gasteiger partial charge in [0.05, 0.1) is 23.4 Å². The maximum absolute atomic E-state index is 12.3. The second kappa shape index (κ2) is 8.72. The SMILES string of the molecule is CCc1ccc(S(=O)(=O)NCCN(Cc2ccccn2)S(C)(=O)=O)cc1. The van der Waals surface area contributed by atoms with Gasteiger partial charge in [0.2, 0.25) is 20.0 Å². The summed E-state index contributed by atoms with van der Waals surface area (Å²) >= 11 is 0. The van der Waals surface area contributed by atoms with Crippen LogP contribution in [0.2, 0.25) is 0 Å². The molecule has 2 rings (SSSR count). The molecule has 0 radical (unpaired) electrons. The quantitative estimate of drug-likeness (QED) is 0.690. The minimum atomic E-state index is -3.69. The Morgan fingerprint density at radius 2 is 1.73 bits per heavy atom. The van der Waals surface area contributed by atoms with Gasteiger partial charge in [-0.25, -0.2) is 21.6 Å². The van der Waals surface area contributed by atoms with E-state index in [1.165, 1.54) is 4.31 Å². The lowest BCUT2D eigenvalue weighted by atomic mass is 10.2. The van der Waals surface area contributed by atoms with Crippen LogP contribution in [0.3, 0.4) is 0 Å². The standard InChI is InChI=1S/C17H23N3O4S2/c1-3-15-7-9-17(10-8-15)26(23,24)19-12-13-20(25(2,21)22)14-16-6-4-5-11-18-16/h4-11,19H,3,12-14H2,1-2H3. The number of sulfonamides is 2. The molecule has 0 aliphatic carbocycles. The molecule has 0 bridgehead atoms. The van der Waals surface area contributed by atoms with E-state index in [9.17, 15) is 16.8 Å². The zero-order valence-corrected chi connectivity index (χ0v) is 16.4. The van der Waals surface area contributed by atoms with Crippen LogP contribution in [0.25, 0.3) is 0 Å². The highest BCUT2D eigenvalue weighted by Crippen LogP contribution is 2.11. The molecule has 0 fully saturated rings. The maximum Gasteiger partial charge on any atom is 0.240 e. The van der Waals surface area contributed by atoms with E-state index in [0.717, 1.165) is 18.2 Å². The summed E-state index contributed by atoms with van der Waals surface area (Å²) in [7, 11) is -7.18. The van der Waals surface area contributed by atoms with Crippen molar-refractivity contribution in [3.05, 3.63) is 59.9 Å². The van der Waals surface area contributed by atoms with E-state index in [1.54, 1.807) is 48.7 Å². The third kappa shape index (κ3) is 5.87. The second-order valence-corrected chi connectivity index (χ2v) is 9.56. The highest BCUT2D eigenvalue weighted by atomic mass is 32.2. The molecule has 0 amide bonds. The zero-order valence-electron chi connectivity index (χ0n) is 14.8. The number of nitrogens with zero attached hydrogens (tertiary/aromatic N) is 2. The molecule has 0 saturated carbocycles. The van der Waals surface area contributed by atoms with Gasteiger partial charge in [-0.3, -0.25) is 4.98 Å². The number of aromatic nitrogens is 1. The fraction of sp³-hybridized carbons (Fsp3) is 0.353. The van der Waals surface area contributed by atoms with Crippen molar-refractivity contribution in [2.75, 3.05) is 19.3 Å². The summed E-state index contributed by atoms with van der Waals surface area (Å²) in [5.74, 6) is 0. The Bertz CT molecular complexity index is 912. The summed E-state index contributed by atoms with van der Waals surface area (Å²) in [6.45, 7) is 2.06. The van der Waals surface area contributed by atoms with Crippen molar-refractivity contribution in [1.29, 1.82) is 0 Å². The first-order valence-corrected chi connectivity index (χ1v) is 11.5. The minimum Gasteiger partial charge on any atom is -0.260 e. The van der Waals surface area contributed by atoms with Crippen molar-refractivity contribution < 1.29 is 16.8 Å². The number of rotatable bonds is 9. The lowest BCUT2D eigenvalue weighted by Crippen LogP contribution is -2.37. The molecular formula is C17H23N3O4S2. The van der Waals surface area contributed by atoms with Crippen LogP contribution in [0, 0.1) is 0 Å². The summed E-state index contributed by atoms with van der Waals surface area (Å²) in [6.07, 6.45) is 3.50. The van der Waals surface area contributed by atoms with Crippen LogP contribution in [0.15, 0.2) is 53.6 Å². The van der Waals surface area contributed by atoms with Crippen molar-refractivity contribution in [3.8, 4) is 0 Å². The molecule has 7 nitrogen and oxygen atoms in total. The normalized spacial score (nSPS) is 12.4. The molecule has 0 spiro atoms. The van der Waals surface area contributed by atoms with Crippen molar-refractivity contribution in [2.45, 2.75) is 24.8 Å². The fourth-order valence-corrected chi connectivity index (χ4v) is 4.14. The number of aryl methyl sites for hydroxylation is 1. The predicted octanol–water partition coefficient (Wildman–Crippen LogP) is 1.38. The first kappa shape index (κ1) is 20.5. The third-order valence-electron chi connectivity index (χ3n) is 3.83. The number of pyridine rings is 1. The summed E-state index contributed by atoms with van der Waals surface area (Å²) < 4.78 is 52.2. The van der Waals surface area contributed by atoms with Gasteiger partial charge in [-0.05, 0) is 36.2 Å². The lowest BCUT2D eigenvalue weighted by molar-refractivity contribution is 0.408. The van der Waals surface area contributed by atoms with Gasteiger partial charge in [-0.1, -0.05) is 25.1 Å². The lowest BCUT2D eigenvalue weighted by Gasteiger charge is -2.19. The van der Waals surface area contributed by atoms with E-state index in [4.69, 9.17) is 0 Å². The Hall–Kier alpha value is -1.81. The smallest absolute Gasteiger partial charge is 0.240 e. The number of hydrogen-bond donors (Lipinski definition) is 1. The fourth-order valence-electron chi connectivity index (χ4n) is 2.33. The largest absolute Gasteiger partial charge is 0.260 e. The van der Waals surface area contributed by atoms with Gasteiger partial charge in [-0.15, -0.1) is 0 Å². The Morgan fingerprint density at radius 1 is 1.04 bits per heavy atom. The number of hydrogen-bond acceptors (Lipinski definition) is 5. The Morgan fingerprint density at radius 3 is 2.27 bits per heavy atom. The van der Waals surface area contributed by atoms with Gasteiger partial charge in [0.1, 0.15) is 0 Å². The molecule has 0 saturated heterocycles. The molecular weight excluding hydrogens is 374 g/mol. The van der Waals surface area contributed by atoms with E-state index in [2.05, 4.69) is 9.71 Å². The zero-order chi connectivity index (χ0) is 19.2. The second-order valence-electron chi connectivity index (χ2n) is 5.81. The van der Waals surface area contributed by atoms with E-state index in [1.807, 2.05) is 6.92 Å². The van der Waals surface area contributed by atoms with Crippen LogP contribution in [0.4, 0.5) is 0 Å². The van der Waals surface area contributed by atoms with Gasteiger partial charge in [0.25, 0.3) is 0 Å². The minimum absolute atomic E-state index is 0.0156. The monoisotopic (exact) mass is 397 g/mol. The number of nitrogens with one attached hydrogen (secondary N) is 1. The molecule has 9 heteroatoms. The van der Waals surface area contributed by atoms with Crippen LogP contribution in [-0.2, 0) is 33.0 Å². The molecule has 0 aliphatic rings. The van der Waals surface area contributed by atoms with Crippen LogP contribution in [-0.4, -0.2) is 45.5 Å². The van der Waals surface area contributed by atoms with Gasteiger partial charge in [0, 0.05) is 19.3 Å².